The molecule has 15 heteroatoms. The Bertz CT molecular complexity index is 1820. The van der Waals surface area contributed by atoms with E-state index in [0.29, 0.717) is 41.4 Å². The van der Waals surface area contributed by atoms with Crippen LogP contribution in [-0.4, -0.2) is 91.2 Å². The van der Waals surface area contributed by atoms with E-state index in [1.807, 2.05) is 4.90 Å². The summed E-state index contributed by atoms with van der Waals surface area (Å²) in [5.41, 5.74) is 1.70. The summed E-state index contributed by atoms with van der Waals surface area (Å²) in [6.07, 6.45) is 6.58. The summed E-state index contributed by atoms with van der Waals surface area (Å²) in [5, 5.41) is 55.5. The van der Waals surface area contributed by atoms with E-state index >= 15 is 0 Å². The smallest absolute Gasteiger partial charge is 0.339 e. The van der Waals surface area contributed by atoms with Crippen molar-refractivity contribution < 1.29 is 34.8 Å². The topological polar surface area (TPSA) is 210 Å². The lowest BCUT2D eigenvalue weighted by atomic mass is 10.1. The zero-order valence-electron chi connectivity index (χ0n) is 25.6. The summed E-state index contributed by atoms with van der Waals surface area (Å²) >= 11 is 0. The van der Waals surface area contributed by atoms with Gasteiger partial charge in [-0.15, -0.1) is 10.2 Å². The van der Waals surface area contributed by atoms with E-state index in [9.17, 15) is 34.8 Å². The van der Waals surface area contributed by atoms with Gasteiger partial charge in [-0.05, 0) is 49.2 Å². The molecule has 0 aliphatic rings. The molecule has 1 amide bonds. The average molecular weight is 641 g/mol. The van der Waals surface area contributed by atoms with Gasteiger partial charge in [0.2, 0.25) is 0 Å². The molecule has 0 bridgehead atoms. The standard InChI is InChI=1S/C32H32N8O7/c1-3-5-11-38(12-6-4-2)30(43)19-13-24(26-17-39(36-34-26)20-7-9-22(31(44)45)28(41)15-20)33-25(14-19)27-18-40(37-35-27)21-8-10-23(32(46)47)29(42)16-21/h7-10,13-18,41-42H,3-6,11-12H2,1-2H3,(H,44,45)(H,46,47). The van der Waals surface area contributed by atoms with E-state index in [1.165, 1.54) is 58.2 Å². The molecule has 242 valence electrons. The Morgan fingerprint density at radius 2 is 1.13 bits per heavy atom. The van der Waals surface area contributed by atoms with E-state index in [4.69, 9.17) is 4.98 Å². The number of aromatic hydroxyl groups is 2. The minimum Gasteiger partial charge on any atom is -0.507 e. The molecule has 0 aliphatic heterocycles. The SMILES string of the molecule is CCCCN(CCCC)C(=O)c1cc(-c2cn(-c3ccc(C(=O)O)c(O)c3)nn2)nc(-c2cn(-c3ccc(C(=O)O)c(O)c3)nn2)c1. The molecule has 3 aromatic heterocycles. The highest BCUT2D eigenvalue weighted by Crippen LogP contribution is 2.27. The number of hydrogen-bond donors (Lipinski definition) is 4. The minimum atomic E-state index is -1.27. The highest BCUT2D eigenvalue weighted by atomic mass is 16.4. The molecule has 0 radical (unpaired) electrons. The van der Waals surface area contributed by atoms with Crippen molar-refractivity contribution in [3.05, 3.63) is 77.6 Å². The van der Waals surface area contributed by atoms with Crippen LogP contribution in [0, 0.1) is 0 Å². The quantitative estimate of drug-likeness (QED) is 0.141. The summed E-state index contributed by atoms with van der Waals surface area (Å²) in [7, 11) is 0. The first-order valence-electron chi connectivity index (χ1n) is 14.9. The van der Waals surface area contributed by atoms with Crippen molar-refractivity contribution in [2.45, 2.75) is 39.5 Å². The average Bonchev–Trinajstić information content (AvgIpc) is 3.75. The van der Waals surface area contributed by atoms with Gasteiger partial charge in [0.15, 0.2) is 0 Å². The van der Waals surface area contributed by atoms with Crippen molar-refractivity contribution in [3.63, 3.8) is 0 Å². The second-order valence-corrected chi connectivity index (χ2v) is 10.7. The van der Waals surface area contributed by atoms with Gasteiger partial charge < -0.3 is 25.3 Å². The summed E-state index contributed by atoms with van der Waals surface area (Å²) in [6, 6.07) is 11.2. The second-order valence-electron chi connectivity index (χ2n) is 10.7. The van der Waals surface area contributed by atoms with Gasteiger partial charge in [-0.25, -0.2) is 23.9 Å². The Morgan fingerprint density at radius 1 is 0.681 bits per heavy atom. The number of nitrogens with zero attached hydrogens (tertiary/aromatic N) is 8. The fraction of sp³-hybridized carbons (Fsp3) is 0.250. The zero-order valence-corrected chi connectivity index (χ0v) is 25.6. The number of pyridine rings is 1. The highest BCUT2D eigenvalue weighted by Gasteiger charge is 2.21. The third-order valence-electron chi connectivity index (χ3n) is 7.39. The van der Waals surface area contributed by atoms with Gasteiger partial charge in [0, 0.05) is 30.8 Å². The van der Waals surface area contributed by atoms with Crippen LogP contribution < -0.4 is 0 Å². The number of amides is 1. The summed E-state index contributed by atoms with van der Waals surface area (Å²) in [6.45, 7) is 5.28. The monoisotopic (exact) mass is 640 g/mol. The van der Waals surface area contributed by atoms with Crippen LogP contribution in [0.3, 0.4) is 0 Å². The number of carbonyl (C=O) groups excluding carboxylic acids is 1. The molecule has 0 fully saturated rings. The van der Waals surface area contributed by atoms with Gasteiger partial charge in [0.05, 0.1) is 35.2 Å². The Kier molecular flexibility index (Phi) is 9.54. The normalized spacial score (nSPS) is 11.0. The number of carbonyl (C=O) groups is 3. The first kappa shape index (κ1) is 32.3. The maximum atomic E-state index is 13.9. The molecule has 0 saturated carbocycles. The van der Waals surface area contributed by atoms with Gasteiger partial charge in [-0.1, -0.05) is 37.1 Å². The van der Waals surface area contributed by atoms with Crippen LogP contribution >= 0.6 is 0 Å². The minimum absolute atomic E-state index is 0.194. The maximum absolute atomic E-state index is 13.9. The van der Waals surface area contributed by atoms with Crippen LogP contribution in [-0.2, 0) is 0 Å². The van der Waals surface area contributed by atoms with Crippen LogP contribution in [0.25, 0.3) is 34.2 Å². The van der Waals surface area contributed by atoms with E-state index in [1.54, 1.807) is 12.1 Å². The van der Waals surface area contributed by atoms with Crippen LogP contribution in [0.5, 0.6) is 11.5 Å². The Balaban J connectivity index is 1.56. The van der Waals surface area contributed by atoms with Crippen molar-refractivity contribution in [3.8, 4) is 45.6 Å². The summed E-state index contributed by atoms with van der Waals surface area (Å²) in [5.74, 6) is -3.62. The molecular weight excluding hydrogens is 608 g/mol. The van der Waals surface area contributed by atoms with Crippen LogP contribution in [0.2, 0.25) is 0 Å². The molecule has 5 rings (SSSR count). The lowest BCUT2D eigenvalue weighted by molar-refractivity contribution is 0.0682. The maximum Gasteiger partial charge on any atom is 0.339 e. The molecule has 15 nitrogen and oxygen atoms in total. The predicted octanol–water partition coefficient (Wildman–Crippen LogP) is 4.43. The molecule has 0 spiro atoms. The van der Waals surface area contributed by atoms with Crippen LogP contribution in [0.15, 0.2) is 60.9 Å². The molecule has 2 aromatic carbocycles. The molecule has 0 atom stereocenters. The van der Waals surface area contributed by atoms with Gasteiger partial charge >= 0.3 is 11.9 Å². The van der Waals surface area contributed by atoms with Gasteiger partial charge in [-0.3, -0.25) is 4.79 Å². The largest absolute Gasteiger partial charge is 0.507 e. The van der Waals surface area contributed by atoms with Crippen LogP contribution in [0.4, 0.5) is 0 Å². The molecule has 5 aromatic rings. The fourth-order valence-corrected chi connectivity index (χ4v) is 4.81. The van der Waals surface area contributed by atoms with Gasteiger partial charge in [-0.2, -0.15) is 0 Å². The summed E-state index contributed by atoms with van der Waals surface area (Å²) in [4.78, 5) is 43.0. The molecule has 0 saturated heterocycles. The number of carboxylic acids is 2. The fourth-order valence-electron chi connectivity index (χ4n) is 4.81. The third kappa shape index (κ3) is 7.08. The molecule has 3 heterocycles. The van der Waals surface area contributed by atoms with Crippen LogP contribution in [0.1, 0.15) is 70.6 Å². The Hall–Kier alpha value is -6.12. The first-order valence-corrected chi connectivity index (χ1v) is 14.9. The van der Waals surface area contributed by atoms with Crippen molar-refractivity contribution in [1.82, 2.24) is 39.9 Å². The number of hydrogen-bond acceptors (Lipinski definition) is 10. The lowest BCUT2D eigenvalue weighted by Crippen LogP contribution is -2.33. The van der Waals surface area contributed by atoms with Crippen molar-refractivity contribution in [2.24, 2.45) is 0 Å². The van der Waals surface area contributed by atoms with Crippen molar-refractivity contribution >= 4 is 17.8 Å². The lowest BCUT2D eigenvalue weighted by Gasteiger charge is -2.23. The number of aromatic carboxylic acids is 2. The molecule has 47 heavy (non-hydrogen) atoms. The van der Waals surface area contributed by atoms with E-state index in [0.717, 1.165) is 25.7 Å². The summed E-state index contributed by atoms with van der Waals surface area (Å²) < 4.78 is 2.68. The first-order chi connectivity index (χ1) is 22.6. The third-order valence-corrected chi connectivity index (χ3v) is 7.39. The van der Waals surface area contributed by atoms with E-state index < -0.39 is 23.4 Å². The number of aromatic nitrogens is 7. The van der Waals surface area contributed by atoms with Gasteiger partial charge in [0.1, 0.15) is 34.0 Å². The zero-order chi connectivity index (χ0) is 33.7. The number of phenols is 2. The number of rotatable bonds is 13. The highest BCUT2D eigenvalue weighted by molar-refractivity contribution is 5.96. The van der Waals surface area contributed by atoms with E-state index in [-0.39, 0.29) is 28.4 Å². The molecule has 4 N–H and O–H groups in total. The molecule has 0 aliphatic carbocycles. The second kappa shape index (κ2) is 13.9. The van der Waals surface area contributed by atoms with Crippen molar-refractivity contribution in [1.29, 1.82) is 0 Å². The Labute approximate surface area is 268 Å². The predicted molar refractivity (Wildman–Crippen MR) is 168 cm³/mol. The molecular formula is C32H32N8O7. The number of benzene rings is 2. The van der Waals surface area contributed by atoms with Gasteiger partial charge in [0.25, 0.3) is 5.91 Å². The molecule has 0 unspecified atom stereocenters. The number of unbranched alkanes of at least 4 members (excludes halogenated alkanes) is 2. The van der Waals surface area contributed by atoms with E-state index in [2.05, 4.69) is 34.5 Å². The number of carboxylic acid groups (broad SMARTS) is 2. The Morgan fingerprint density at radius 3 is 1.51 bits per heavy atom. The van der Waals surface area contributed by atoms with Crippen molar-refractivity contribution in [2.75, 3.05) is 13.1 Å².